The highest BCUT2D eigenvalue weighted by atomic mass is 32.1. The van der Waals surface area contributed by atoms with Crippen molar-refractivity contribution < 1.29 is 9.90 Å². The molecule has 0 aliphatic carbocycles. The van der Waals surface area contributed by atoms with Crippen molar-refractivity contribution in [2.45, 2.75) is 26.3 Å². The SMILES string of the molecule is CC(C)c1cccc(NCc2ccsc2C(=O)O)c1. The van der Waals surface area contributed by atoms with Crippen molar-refractivity contribution in [2.24, 2.45) is 0 Å². The average Bonchev–Trinajstić information content (AvgIpc) is 2.85. The molecule has 0 unspecified atom stereocenters. The second kappa shape index (κ2) is 5.89. The number of thiophene rings is 1. The van der Waals surface area contributed by atoms with Gasteiger partial charge in [-0.2, -0.15) is 0 Å². The lowest BCUT2D eigenvalue weighted by molar-refractivity contribution is 0.0701. The molecule has 0 bridgehead atoms. The first-order valence-corrected chi connectivity index (χ1v) is 7.09. The van der Waals surface area contributed by atoms with E-state index in [1.807, 2.05) is 23.6 Å². The number of carboxylic acids is 1. The molecule has 1 aromatic heterocycles. The van der Waals surface area contributed by atoms with E-state index in [-0.39, 0.29) is 0 Å². The van der Waals surface area contributed by atoms with Crippen LogP contribution in [0.2, 0.25) is 0 Å². The third-order valence-electron chi connectivity index (χ3n) is 2.98. The van der Waals surface area contributed by atoms with Crippen molar-refractivity contribution >= 4 is 23.0 Å². The highest BCUT2D eigenvalue weighted by molar-refractivity contribution is 7.12. The quantitative estimate of drug-likeness (QED) is 0.860. The number of carbonyl (C=O) groups is 1. The Kier molecular flexibility index (Phi) is 4.22. The van der Waals surface area contributed by atoms with Crippen LogP contribution >= 0.6 is 11.3 Å². The number of hydrogen-bond donors (Lipinski definition) is 2. The van der Waals surface area contributed by atoms with E-state index in [2.05, 4.69) is 31.3 Å². The van der Waals surface area contributed by atoms with Crippen LogP contribution in [0.3, 0.4) is 0 Å². The van der Waals surface area contributed by atoms with Crippen molar-refractivity contribution in [3.63, 3.8) is 0 Å². The number of anilines is 1. The van der Waals surface area contributed by atoms with Crippen LogP contribution in [0, 0.1) is 0 Å². The summed E-state index contributed by atoms with van der Waals surface area (Å²) in [5, 5.41) is 14.1. The van der Waals surface area contributed by atoms with Crippen LogP contribution in [0.1, 0.15) is 40.6 Å². The minimum atomic E-state index is -0.859. The van der Waals surface area contributed by atoms with Crippen LogP contribution in [-0.2, 0) is 6.54 Å². The van der Waals surface area contributed by atoms with E-state index in [1.165, 1.54) is 16.9 Å². The molecule has 4 heteroatoms. The van der Waals surface area contributed by atoms with Gasteiger partial charge in [0.05, 0.1) is 0 Å². The van der Waals surface area contributed by atoms with E-state index in [9.17, 15) is 4.79 Å². The van der Waals surface area contributed by atoms with Crippen molar-refractivity contribution in [3.8, 4) is 0 Å². The number of hydrogen-bond acceptors (Lipinski definition) is 3. The Hall–Kier alpha value is -1.81. The van der Waals surface area contributed by atoms with Crippen LogP contribution in [0.5, 0.6) is 0 Å². The van der Waals surface area contributed by atoms with E-state index in [1.54, 1.807) is 0 Å². The van der Waals surface area contributed by atoms with Gasteiger partial charge in [0, 0.05) is 12.2 Å². The molecule has 0 spiro atoms. The van der Waals surface area contributed by atoms with Gasteiger partial charge < -0.3 is 10.4 Å². The van der Waals surface area contributed by atoms with Gasteiger partial charge in [0.1, 0.15) is 4.88 Å². The number of carboxylic acid groups (broad SMARTS) is 1. The van der Waals surface area contributed by atoms with Crippen LogP contribution < -0.4 is 5.32 Å². The first kappa shape index (κ1) is 13.6. The molecular formula is C15H17NO2S. The average molecular weight is 275 g/mol. The number of aromatic carboxylic acids is 1. The van der Waals surface area contributed by atoms with Gasteiger partial charge in [0.2, 0.25) is 0 Å². The zero-order valence-electron chi connectivity index (χ0n) is 11.0. The second-order valence-electron chi connectivity index (χ2n) is 4.71. The fourth-order valence-electron chi connectivity index (χ4n) is 1.87. The molecule has 0 fully saturated rings. The van der Waals surface area contributed by atoms with E-state index in [0.29, 0.717) is 17.3 Å². The lowest BCUT2D eigenvalue weighted by atomic mass is 10.0. The van der Waals surface area contributed by atoms with E-state index >= 15 is 0 Å². The van der Waals surface area contributed by atoms with Gasteiger partial charge >= 0.3 is 5.97 Å². The molecule has 0 radical (unpaired) electrons. The molecule has 2 aromatic rings. The molecule has 100 valence electrons. The van der Waals surface area contributed by atoms with E-state index in [4.69, 9.17) is 5.11 Å². The molecule has 0 saturated heterocycles. The van der Waals surface area contributed by atoms with Crippen LogP contribution in [-0.4, -0.2) is 11.1 Å². The molecule has 2 N–H and O–H groups in total. The first-order valence-electron chi connectivity index (χ1n) is 6.21. The summed E-state index contributed by atoms with van der Waals surface area (Å²) < 4.78 is 0. The molecule has 1 aromatic carbocycles. The Morgan fingerprint density at radius 1 is 1.37 bits per heavy atom. The largest absolute Gasteiger partial charge is 0.477 e. The fraction of sp³-hybridized carbons (Fsp3) is 0.267. The lowest BCUT2D eigenvalue weighted by Crippen LogP contribution is -2.04. The Morgan fingerprint density at radius 3 is 2.84 bits per heavy atom. The molecule has 0 aliphatic rings. The van der Waals surface area contributed by atoms with Crippen molar-refractivity contribution in [1.82, 2.24) is 0 Å². The zero-order chi connectivity index (χ0) is 13.8. The Morgan fingerprint density at radius 2 is 2.16 bits per heavy atom. The molecule has 0 amide bonds. The van der Waals surface area contributed by atoms with Gasteiger partial charge in [-0.15, -0.1) is 11.3 Å². The third kappa shape index (κ3) is 3.35. The summed E-state index contributed by atoms with van der Waals surface area (Å²) in [4.78, 5) is 11.4. The van der Waals surface area contributed by atoms with Crippen molar-refractivity contribution in [3.05, 3.63) is 51.7 Å². The molecule has 0 saturated carbocycles. The molecule has 3 nitrogen and oxygen atoms in total. The van der Waals surface area contributed by atoms with Crippen LogP contribution in [0.15, 0.2) is 35.7 Å². The number of rotatable bonds is 5. The summed E-state index contributed by atoms with van der Waals surface area (Å²) in [6, 6.07) is 10.1. The highest BCUT2D eigenvalue weighted by Crippen LogP contribution is 2.21. The maximum atomic E-state index is 11.0. The lowest BCUT2D eigenvalue weighted by Gasteiger charge is -2.10. The fourth-order valence-corrected chi connectivity index (χ4v) is 2.63. The predicted molar refractivity (Wildman–Crippen MR) is 79.1 cm³/mol. The van der Waals surface area contributed by atoms with Crippen molar-refractivity contribution in [1.29, 1.82) is 0 Å². The summed E-state index contributed by atoms with van der Waals surface area (Å²) in [6.45, 7) is 4.84. The maximum absolute atomic E-state index is 11.0. The Balaban J connectivity index is 2.08. The molecule has 19 heavy (non-hydrogen) atoms. The van der Waals surface area contributed by atoms with Gasteiger partial charge in [-0.1, -0.05) is 26.0 Å². The first-order chi connectivity index (χ1) is 9.08. The van der Waals surface area contributed by atoms with Gasteiger partial charge in [-0.25, -0.2) is 4.79 Å². The minimum Gasteiger partial charge on any atom is -0.477 e. The smallest absolute Gasteiger partial charge is 0.346 e. The maximum Gasteiger partial charge on any atom is 0.346 e. The van der Waals surface area contributed by atoms with E-state index < -0.39 is 5.97 Å². The zero-order valence-corrected chi connectivity index (χ0v) is 11.8. The number of benzene rings is 1. The Bertz CT molecular complexity index is 575. The van der Waals surface area contributed by atoms with Gasteiger partial charge in [-0.05, 0) is 40.6 Å². The van der Waals surface area contributed by atoms with Crippen LogP contribution in [0.25, 0.3) is 0 Å². The standard InChI is InChI=1S/C15H17NO2S/c1-10(2)11-4-3-5-13(8-11)16-9-12-6-7-19-14(12)15(17)18/h3-8,10,16H,9H2,1-2H3,(H,17,18). The summed E-state index contributed by atoms with van der Waals surface area (Å²) in [5.74, 6) is -0.375. The molecule has 2 rings (SSSR count). The molecule has 0 atom stereocenters. The molecular weight excluding hydrogens is 258 g/mol. The Labute approximate surface area is 116 Å². The predicted octanol–water partition coefficient (Wildman–Crippen LogP) is 4.18. The third-order valence-corrected chi connectivity index (χ3v) is 3.92. The molecule has 1 heterocycles. The second-order valence-corrected chi connectivity index (χ2v) is 5.63. The summed E-state index contributed by atoms with van der Waals surface area (Å²) >= 11 is 1.26. The van der Waals surface area contributed by atoms with Crippen molar-refractivity contribution in [2.75, 3.05) is 5.32 Å². The highest BCUT2D eigenvalue weighted by Gasteiger charge is 2.11. The van der Waals surface area contributed by atoms with Gasteiger partial charge in [0.15, 0.2) is 0 Å². The monoisotopic (exact) mass is 275 g/mol. The number of nitrogens with one attached hydrogen (secondary N) is 1. The topological polar surface area (TPSA) is 49.3 Å². The summed E-state index contributed by atoms with van der Waals surface area (Å²) in [5.41, 5.74) is 3.12. The normalized spacial score (nSPS) is 10.7. The van der Waals surface area contributed by atoms with E-state index in [0.717, 1.165) is 11.3 Å². The van der Waals surface area contributed by atoms with Gasteiger partial charge in [0.25, 0.3) is 0 Å². The molecule has 0 aliphatic heterocycles. The van der Waals surface area contributed by atoms with Crippen LogP contribution in [0.4, 0.5) is 5.69 Å². The van der Waals surface area contributed by atoms with Gasteiger partial charge in [-0.3, -0.25) is 0 Å². The summed E-state index contributed by atoms with van der Waals surface area (Å²) in [6.07, 6.45) is 0. The minimum absolute atomic E-state index is 0.410. The summed E-state index contributed by atoms with van der Waals surface area (Å²) in [7, 11) is 0.